The lowest BCUT2D eigenvalue weighted by Crippen LogP contribution is -2.10. The standard InChI is InChI=1S/C23H26N2O2S/c1-5-14-27-18-10-6-16(7-11-18)8-13-21(26)25-22-24-19-12-9-17(23(2,3)4)15-20(19)28-22/h6-13,15H,5,14H2,1-4H3,(H,24,25,26)/b13-8+. The molecule has 4 nitrogen and oxygen atoms in total. The number of amides is 1. The number of nitrogens with one attached hydrogen (secondary N) is 1. The number of thiazole rings is 1. The van der Waals surface area contributed by atoms with Crippen LogP contribution in [-0.4, -0.2) is 17.5 Å². The predicted molar refractivity (Wildman–Crippen MR) is 118 cm³/mol. The molecule has 0 aliphatic carbocycles. The van der Waals surface area contributed by atoms with Gasteiger partial charge in [0.2, 0.25) is 5.91 Å². The van der Waals surface area contributed by atoms with E-state index >= 15 is 0 Å². The van der Waals surface area contributed by atoms with E-state index in [0.717, 1.165) is 28.0 Å². The van der Waals surface area contributed by atoms with Gasteiger partial charge in [0.05, 0.1) is 16.8 Å². The summed E-state index contributed by atoms with van der Waals surface area (Å²) in [6.07, 6.45) is 4.28. The number of benzene rings is 2. The third-order valence-electron chi connectivity index (χ3n) is 4.26. The third kappa shape index (κ3) is 5.20. The monoisotopic (exact) mass is 394 g/mol. The van der Waals surface area contributed by atoms with Crippen LogP contribution in [-0.2, 0) is 10.2 Å². The van der Waals surface area contributed by atoms with E-state index in [1.54, 1.807) is 6.08 Å². The molecule has 1 heterocycles. The summed E-state index contributed by atoms with van der Waals surface area (Å²) < 4.78 is 6.64. The summed E-state index contributed by atoms with van der Waals surface area (Å²) in [5.41, 5.74) is 3.19. The summed E-state index contributed by atoms with van der Waals surface area (Å²) in [5, 5.41) is 3.47. The number of rotatable bonds is 6. The SMILES string of the molecule is CCCOc1ccc(/C=C/C(=O)Nc2nc3ccc(C(C)(C)C)cc3s2)cc1. The smallest absolute Gasteiger partial charge is 0.250 e. The van der Waals surface area contributed by atoms with Crippen molar-refractivity contribution in [2.75, 3.05) is 11.9 Å². The molecule has 0 spiro atoms. The normalized spacial score (nSPS) is 11.9. The lowest BCUT2D eigenvalue weighted by atomic mass is 9.87. The molecule has 3 aromatic rings. The van der Waals surface area contributed by atoms with Gasteiger partial charge in [-0.05, 0) is 53.3 Å². The molecular weight excluding hydrogens is 368 g/mol. The van der Waals surface area contributed by atoms with Gasteiger partial charge in [0.25, 0.3) is 0 Å². The average Bonchev–Trinajstić information content (AvgIpc) is 3.06. The molecule has 2 aromatic carbocycles. The number of ether oxygens (including phenoxy) is 1. The van der Waals surface area contributed by atoms with Gasteiger partial charge < -0.3 is 4.74 Å². The Labute approximate surface area is 170 Å². The lowest BCUT2D eigenvalue weighted by molar-refractivity contribution is -0.111. The molecule has 0 atom stereocenters. The first-order valence-electron chi connectivity index (χ1n) is 9.48. The summed E-state index contributed by atoms with van der Waals surface area (Å²) in [4.78, 5) is 16.7. The minimum Gasteiger partial charge on any atom is -0.494 e. The molecular formula is C23H26N2O2S. The average molecular weight is 395 g/mol. The minimum atomic E-state index is -0.193. The second kappa shape index (κ2) is 8.57. The molecule has 146 valence electrons. The molecule has 0 fully saturated rings. The third-order valence-corrected chi connectivity index (χ3v) is 5.20. The van der Waals surface area contributed by atoms with Gasteiger partial charge in [0, 0.05) is 6.08 Å². The van der Waals surface area contributed by atoms with Crippen molar-refractivity contribution < 1.29 is 9.53 Å². The summed E-state index contributed by atoms with van der Waals surface area (Å²) in [6.45, 7) is 9.34. The van der Waals surface area contributed by atoms with Gasteiger partial charge in [-0.25, -0.2) is 4.98 Å². The molecule has 0 unspecified atom stereocenters. The molecule has 0 aliphatic rings. The molecule has 0 aliphatic heterocycles. The van der Waals surface area contributed by atoms with Crippen molar-refractivity contribution in [1.29, 1.82) is 0 Å². The first-order chi connectivity index (χ1) is 13.3. The molecule has 0 saturated carbocycles. The van der Waals surface area contributed by atoms with Crippen molar-refractivity contribution in [3.63, 3.8) is 0 Å². The van der Waals surface area contributed by atoms with Gasteiger partial charge in [-0.3, -0.25) is 10.1 Å². The number of hydrogen-bond acceptors (Lipinski definition) is 4. The van der Waals surface area contributed by atoms with Crippen LogP contribution in [0.5, 0.6) is 5.75 Å². The van der Waals surface area contributed by atoms with E-state index < -0.39 is 0 Å². The number of anilines is 1. The molecule has 1 amide bonds. The Morgan fingerprint density at radius 3 is 2.61 bits per heavy atom. The van der Waals surface area contributed by atoms with Crippen LogP contribution in [0.2, 0.25) is 0 Å². The summed E-state index contributed by atoms with van der Waals surface area (Å²) in [6, 6.07) is 13.9. The van der Waals surface area contributed by atoms with E-state index in [-0.39, 0.29) is 11.3 Å². The van der Waals surface area contributed by atoms with Crippen LogP contribution in [0.15, 0.2) is 48.5 Å². The van der Waals surface area contributed by atoms with Gasteiger partial charge in [0.15, 0.2) is 5.13 Å². The van der Waals surface area contributed by atoms with Crippen LogP contribution in [0.25, 0.3) is 16.3 Å². The molecule has 28 heavy (non-hydrogen) atoms. The molecule has 0 radical (unpaired) electrons. The first-order valence-corrected chi connectivity index (χ1v) is 10.3. The number of fused-ring (bicyclic) bond motifs is 1. The maximum Gasteiger partial charge on any atom is 0.250 e. The lowest BCUT2D eigenvalue weighted by Gasteiger charge is -2.18. The maximum absolute atomic E-state index is 12.2. The number of carbonyl (C=O) groups is 1. The fraction of sp³-hybridized carbons (Fsp3) is 0.304. The molecule has 3 rings (SSSR count). The number of nitrogens with zero attached hydrogens (tertiary/aromatic N) is 1. The van der Waals surface area contributed by atoms with Crippen molar-refractivity contribution in [2.24, 2.45) is 0 Å². The van der Waals surface area contributed by atoms with E-state index in [0.29, 0.717) is 11.7 Å². The minimum absolute atomic E-state index is 0.0848. The van der Waals surface area contributed by atoms with E-state index in [2.05, 4.69) is 50.1 Å². The Hall–Kier alpha value is -2.66. The van der Waals surface area contributed by atoms with Crippen molar-refractivity contribution in [3.05, 3.63) is 59.7 Å². The predicted octanol–water partition coefficient (Wildman–Crippen LogP) is 6.03. The Balaban J connectivity index is 1.65. The highest BCUT2D eigenvalue weighted by Crippen LogP contribution is 2.31. The van der Waals surface area contributed by atoms with Crippen LogP contribution >= 0.6 is 11.3 Å². The van der Waals surface area contributed by atoms with E-state index in [1.807, 2.05) is 30.3 Å². The van der Waals surface area contributed by atoms with Crippen molar-refractivity contribution in [1.82, 2.24) is 4.98 Å². The second-order valence-electron chi connectivity index (χ2n) is 7.69. The first kappa shape index (κ1) is 20.1. The van der Waals surface area contributed by atoms with Gasteiger partial charge in [-0.2, -0.15) is 0 Å². The number of carbonyl (C=O) groups excluding carboxylic acids is 1. The van der Waals surface area contributed by atoms with Crippen LogP contribution in [0, 0.1) is 0 Å². The highest BCUT2D eigenvalue weighted by Gasteiger charge is 2.15. The topological polar surface area (TPSA) is 51.2 Å². The van der Waals surface area contributed by atoms with Crippen LogP contribution < -0.4 is 10.1 Å². The number of hydrogen-bond donors (Lipinski definition) is 1. The van der Waals surface area contributed by atoms with Crippen molar-refractivity contribution in [3.8, 4) is 5.75 Å². The fourth-order valence-corrected chi connectivity index (χ4v) is 3.57. The largest absolute Gasteiger partial charge is 0.494 e. The highest BCUT2D eigenvalue weighted by molar-refractivity contribution is 7.22. The Bertz CT molecular complexity index is 982. The zero-order valence-electron chi connectivity index (χ0n) is 16.8. The maximum atomic E-state index is 12.2. The van der Waals surface area contributed by atoms with Crippen molar-refractivity contribution >= 4 is 38.7 Å². The summed E-state index contributed by atoms with van der Waals surface area (Å²) >= 11 is 1.49. The van der Waals surface area contributed by atoms with E-state index in [1.165, 1.54) is 23.0 Å². The summed E-state index contributed by atoms with van der Waals surface area (Å²) in [5.74, 6) is 0.647. The quantitative estimate of drug-likeness (QED) is 0.519. The second-order valence-corrected chi connectivity index (χ2v) is 8.72. The molecule has 1 N–H and O–H groups in total. The zero-order valence-corrected chi connectivity index (χ0v) is 17.6. The Morgan fingerprint density at radius 2 is 1.93 bits per heavy atom. The van der Waals surface area contributed by atoms with Gasteiger partial charge in [0.1, 0.15) is 5.75 Å². The van der Waals surface area contributed by atoms with E-state index in [4.69, 9.17) is 4.74 Å². The van der Waals surface area contributed by atoms with Crippen molar-refractivity contribution in [2.45, 2.75) is 39.5 Å². The molecule has 0 saturated heterocycles. The van der Waals surface area contributed by atoms with Gasteiger partial charge in [-0.1, -0.05) is 57.2 Å². The highest BCUT2D eigenvalue weighted by atomic mass is 32.1. The fourth-order valence-electron chi connectivity index (χ4n) is 2.66. The Morgan fingerprint density at radius 1 is 1.18 bits per heavy atom. The molecule has 5 heteroatoms. The van der Waals surface area contributed by atoms with E-state index in [9.17, 15) is 4.79 Å². The molecule has 0 bridgehead atoms. The van der Waals surface area contributed by atoms with Crippen LogP contribution in [0.1, 0.15) is 45.2 Å². The van der Waals surface area contributed by atoms with Crippen LogP contribution in [0.3, 0.4) is 0 Å². The summed E-state index contributed by atoms with van der Waals surface area (Å²) in [7, 11) is 0. The van der Waals surface area contributed by atoms with Crippen LogP contribution in [0.4, 0.5) is 5.13 Å². The molecule has 1 aromatic heterocycles. The number of aromatic nitrogens is 1. The Kier molecular flexibility index (Phi) is 6.15. The zero-order chi connectivity index (χ0) is 20.1. The van der Waals surface area contributed by atoms with Gasteiger partial charge in [-0.15, -0.1) is 0 Å². The van der Waals surface area contributed by atoms with Gasteiger partial charge >= 0.3 is 0 Å².